The summed E-state index contributed by atoms with van der Waals surface area (Å²) in [6.07, 6.45) is 3.36. The number of imidazole rings is 2. The molecule has 0 unspecified atom stereocenters. The van der Waals surface area contributed by atoms with Crippen LogP contribution in [-0.2, 0) is 23.8 Å². The number of ether oxygens (including phenoxy) is 3. The second kappa shape index (κ2) is 18.5. The van der Waals surface area contributed by atoms with E-state index in [1.54, 1.807) is 11.1 Å². The SMILES string of the molecule is COC(=O)N[C@H](C(=O)N1C[C@@H](C)C[C@H]1c1nc(-c2ccc(-c3ccc(-c4cnc([C@@H]5C[C@H](C)CN5C(=O)[C@@H](NC(=O)OC)C5CCOCC5)[nH]4)cc3)cc2)c(Cl)[nH]1)C(C)C. The van der Waals surface area contributed by atoms with E-state index < -0.39 is 24.3 Å². The van der Waals surface area contributed by atoms with Crippen LogP contribution >= 0.6 is 11.6 Å². The molecule has 3 fully saturated rings. The first kappa shape index (κ1) is 42.7. The van der Waals surface area contributed by atoms with E-state index in [9.17, 15) is 19.2 Å². The smallest absolute Gasteiger partial charge is 0.407 e. The minimum atomic E-state index is -0.738. The quantitative estimate of drug-likeness (QED) is 0.122. The molecule has 4 aromatic rings. The van der Waals surface area contributed by atoms with Crippen molar-refractivity contribution in [3.63, 3.8) is 0 Å². The number of nitrogens with one attached hydrogen (secondary N) is 4. The van der Waals surface area contributed by atoms with Gasteiger partial charge in [-0.15, -0.1) is 0 Å². The van der Waals surface area contributed by atoms with Gasteiger partial charge < -0.3 is 44.6 Å². The molecular weight excluding hydrogens is 788 g/mol. The lowest BCUT2D eigenvalue weighted by Crippen LogP contribution is -2.53. The first-order chi connectivity index (χ1) is 28.8. The zero-order chi connectivity index (χ0) is 42.7. The summed E-state index contributed by atoms with van der Waals surface area (Å²) in [5, 5.41) is 5.90. The van der Waals surface area contributed by atoms with Crippen molar-refractivity contribution in [3.05, 3.63) is 71.5 Å². The summed E-state index contributed by atoms with van der Waals surface area (Å²) in [4.78, 5) is 72.2. The molecule has 15 nitrogen and oxygen atoms in total. The highest BCUT2D eigenvalue weighted by molar-refractivity contribution is 6.31. The second-order valence-electron chi connectivity index (χ2n) is 16.7. The number of likely N-dealkylation sites (tertiary alicyclic amines) is 2. The fraction of sp³-hybridized carbons (Fsp3) is 0.500. The monoisotopic (exact) mass is 842 g/mol. The number of carbonyl (C=O) groups is 4. The number of carbonyl (C=O) groups excluding carboxylic acids is 4. The highest BCUT2D eigenvalue weighted by atomic mass is 35.5. The van der Waals surface area contributed by atoms with Gasteiger partial charge in [-0.2, -0.15) is 0 Å². The fourth-order valence-electron chi connectivity index (χ4n) is 8.80. The molecule has 3 aliphatic heterocycles. The predicted molar refractivity (Wildman–Crippen MR) is 226 cm³/mol. The van der Waals surface area contributed by atoms with Crippen LogP contribution in [0.1, 0.15) is 77.1 Å². The van der Waals surface area contributed by atoms with Crippen LogP contribution in [0.5, 0.6) is 0 Å². The van der Waals surface area contributed by atoms with Gasteiger partial charge in [-0.05, 0) is 66.0 Å². The molecule has 0 aliphatic carbocycles. The Kier molecular flexibility index (Phi) is 13.1. The van der Waals surface area contributed by atoms with Gasteiger partial charge in [-0.1, -0.05) is 87.8 Å². The molecule has 7 rings (SSSR count). The van der Waals surface area contributed by atoms with Gasteiger partial charge in [0, 0.05) is 31.9 Å². The number of rotatable bonds is 11. The summed E-state index contributed by atoms with van der Waals surface area (Å²) in [5.74, 6) is 1.30. The summed E-state index contributed by atoms with van der Waals surface area (Å²) in [7, 11) is 2.58. The highest BCUT2D eigenvalue weighted by Crippen LogP contribution is 2.39. The molecule has 3 aliphatic rings. The van der Waals surface area contributed by atoms with Crippen LogP contribution in [0, 0.1) is 23.7 Å². The number of hydrogen-bond donors (Lipinski definition) is 4. The molecule has 0 bridgehead atoms. The summed E-state index contributed by atoms with van der Waals surface area (Å²) < 4.78 is 15.2. The largest absolute Gasteiger partial charge is 0.453 e. The van der Waals surface area contributed by atoms with Crippen molar-refractivity contribution in [2.75, 3.05) is 40.5 Å². The lowest BCUT2D eigenvalue weighted by atomic mass is 9.90. The van der Waals surface area contributed by atoms with E-state index in [4.69, 9.17) is 35.8 Å². The maximum Gasteiger partial charge on any atom is 0.407 e. The van der Waals surface area contributed by atoms with Crippen molar-refractivity contribution in [3.8, 4) is 33.6 Å². The Morgan fingerprint density at radius 2 is 1.30 bits per heavy atom. The van der Waals surface area contributed by atoms with E-state index in [2.05, 4.69) is 46.6 Å². The predicted octanol–water partition coefficient (Wildman–Crippen LogP) is 7.14. The van der Waals surface area contributed by atoms with Crippen molar-refractivity contribution in [2.24, 2.45) is 23.7 Å². The van der Waals surface area contributed by atoms with Crippen LogP contribution in [0.2, 0.25) is 5.15 Å². The van der Waals surface area contributed by atoms with Gasteiger partial charge in [0.1, 0.15) is 34.6 Å². The number of hydrogen-bond acceptors (Lipinski definition) is 9. The molecule has 6 atom stereocenters. The number of halogens is 1. The summed E-state index contributed by atoms with van der Waals surface area (Å²) in [5.41, 5.74) is 5.25. The van der Waals surface area contributed by atoms with Crippen LogP contribution in [0.15, 0.2) is 54.7 Å². The molecule has 2 aromatic carbocycles. The molecule has 0 radical (unpaired) electrons. The zero-order valence-corrected chi connectivity index (χ0v) is 35.8. The third-order valence-electron chi connectivity index (χ3n) is 12.0. The Labute approximate surface area is 355 Å². The van der Waals surface area contributed by atoms with E-state index >= 15 is 0 Å². The average molecular weight is 843 g/mol. The number of nitrogens with zero attached hydrogens (tertiary/aromatic N) is 4. The molecule has 0 spiro atoms. The van der Waals surface area contributed by atoms with Crippen LogP contribution in [0.3, 0.4) is 0 Å². The van der Waals surface area contributed by atoms with E-state index in [0.717, 1.165) is 34.4 Å². The average Bonchev–Trinajstić information content (AvgIpc) is 4.07. The summed E-state index contributed by atoms with van der Waals surface area (Å²) >= 11 is 6.75. The van der Waals surface area contributed by atoms with Crippen LogP contribution in [-0.4, -0.2) is 106 Å². The highest BCUT2D eigenvalue weighted by Gasteiger charge is 2.43. The lowest BCUT2D eigenvalue weighted by Gasteiger charge is -2.34. The molecule has 320 valence electrons. The Morgan fingerprint density at radius 3 is 1.88 bits per heavy atom. The van der Waals surface area contributed by atoms with Gasteiger partial charge in [0.2, 0.25) is 11.8 Å². The van der Waals surface area contributed by atoms with Gasteiger partial charge >= 0.3 is 12.2 Å². The minimum absolute atomic E-state index is 0.0433. The van der Waals surface area contributed by atoms with E-state index in [1.807, 2.05) is 55.1 Å². The molecule has 4 amide bonds. The van der Waals surface area contributed by atoms with Gasteiger partial charge in [-0.25, -0.2) is 19.6 Å². The summed E-state index contributed by atoms with van der Waals surface area (Å²) in [6, 6.07) is 14.2. The maximum absolute atomic E-state index is 14.1. The number of H-pyrrole nitrogens is 2. The maximum atomic E-state index is 14.1. The van der Waals surface area contributed by atoms with E-state index in [1.165, 1.54) is 14.2 Å². The van der Waals surface area contributed by atoms with Crippen LogP contribution in [0.25, 0.3) is 33.6 Å². The first-order valence-corrected chi connectivity index (χ1v) is 21.1. The van der Waals surface area contributed by atoms with Crippen LogP contribution < -0.4 is 10.6 Å². The molecule has 0 saturated carbocycles. The number of amides is 4. The Bertz CT molecular complexity index is 2150. The van der Waals surface area contributed by atoms with E-state index in [-0.39, 0.29) is 47.6 Å². The second-order valence-corrected chi connectivity index (χ2v) is 17.1. The normalized spacial score (nSPS) is 21.8. The van der Waals surface area contributed by atoms with Crippen molar-refractivity contribution < 1.29 is 33.4 Å². The van der Waals surface area contributed by atoms with E-state index in [0.29, 0.717) is 68.1 Å². The number of methoxy groups -OCH3 is 2. The Balaban J connectivity index is 1.03. The number of alkyl carbamates (subject to hydrolysis) is 2. The molecule has 2 aromatic heterocycles. The molecule has 5 heterocycles. The lowest BCUT2D eigenvalue weighted by molar-refractivity contribution is -0.137. The topological polar surface area (TPSA) is 184 Å². The Hall–Kier alpha value is -5.41. The first-order valence-electron chi connectivity index (χ1n) is 20.7. The van der Waals surface area contributed by atoms with Crippen molar-refractivity contribution >= 4 is 35.6 Å². The Morgan fingerprint density at radius 1 is 0.767 bits per heavy atom. The van der Waals surface area contributed by atoms with Crippen LogP contribution in [0.4, 0.5) is 9.59 Å². The number of benzene rings is 2. The van der Waals surface area contributed by atoms with Gasteiger partial charge in [0.25, 0.3) is 0 Å². The third-order valence-corrected chi connectivity index (χ3v) is 12.3. The van der Waals surface area contributed by atoms with Gasteiger partial charge in [0.15, 0.2) is 0 Å². The van der Waals surface area contributed by atoms with Crippen molar-refractivity contribution in [1.29, 1.82) is 0 Å². The molecular formula is C44H55ClN8O7. The molecule has 4 N–H and O–H groups in total. The minimum Gasteiger partial charge on any atom is -0.453 e. The van der Waals surface area contributed by atoms with Crippen molar-refractivity contribution in [2.45, 2.75) is 77.5 Å². The summed E-state index contributed by atoms with van der Waals surface area (Å²) in [6.45, 7) is 10.2. The molecule has 60 heavy (non-hydrogen) atoms. The van der Waals surface area contributed by atoms with Gasteiger partial charge in [0.05, 0.1) is 38.2 Å². The molecule has 16 heteroatoms. The third kappa shape index (κ3) is 9.16. The standard InChI is InChI=1S/C44H55ClN8O7/c1-24(2)35(49-43(56)58-5)41(54)53-23-26(4)20-34(53)40-48-36(38(45)51-40)30-13-9-28(10-14-30)27-7-11-29(12-8-27)32-21-46-39(47-32)33-19-25(3)22-52(33)42(55)37(50-44(57)59-6)31-15-17-60-18-16-31/h7-14,21,24-26,31,33-35,37H,15-20,22-23H2,1-6H3,(H,46,47)(H,48,51)(H,49,56)(H,50,57)/t25-,26-,33-,34-,35-,37-/m0/s1. The molecule has 3 saturated heterocycles. The number of aromatic amines is 2. The van der Waals surface area contributed by atoms with Crippen molar-refractivity contribution in [1.82, 2.24) is 40.4 Å². The zero-order valence-electron chi connectivity index (χ0n) is 35.0. The fourth-order valence-corrected chi connectivity index (χ4v) is 9.05. The van der Waals surface area contributed by atoms with Gasteiger partial charge in [-0.3, -0.25) is 9.59 Å². The number of aromatic nitrogens is 4.